The van der Waals surface area contributed by atoms with Crippen molar-refractivity contribution in [3.8, 4) is 5.75 Å². The smallest absolute Gasteiger partial charge is 0.285 e. The highest BCUT2D eigenvalue weighted by molar-refractivity contribution is 7.90. The van der Waals surface area contributed by atoms with E-state index in [0.29, 0.717) is 29.5 Å². The molecule has 0 spiro atoms. The predicted molar refractivity (Wildman–Crippen MR) is 120 cm³/mol. The Bertz CT molecular complexity index is 1050. The van der Waals surface area contributed by atoms with Crippen LogP contribution in [-0.4, -0.2) is 32.0 Å². The normalized spacial score (nSPS) is 10.9. The van der Waals surface area contributed by atoms with Crippen molar-refractivity contribution in [3.05, 3.63) is 54.1 Å². The van der Waals surface area contributed by atoms with E-state index in [-0.39, 0.29) is 10.0 Å². The summed E-state index contributed by atoms with van der Waals surface area (Å²) >= 11 is 5.15. The average Bonchev–Trinajstić information content (AvgIpc) is 2.66. The lowest BCUT2D eigenvalue weighted by Crippen LogP contribution is -2.34. The van der Waals surface area contributed by atoms with Gasteiger partial charge in [-0.25, -0.2) is 0 Å². The Morgan fingerprint density at radius 1 is 1.17 bits per heavy atom. The maximum absolute atomic E-state index is 12.4. The average molecular weight is 450 g/mol. The Morgan fingerprint density at radius 2 is 1.83 bits per heavy atom. The third-order valence-corrected chi connectivity index (χ3v) is 5.07. The zero-order valence-corrected chi connectivity index (χ0v) is 18.1. The summed E-state index contributed by atoms with van der Waals surface area (Å²) < 4.78 is 32.7. The highest BCUT2D eigenvalue weighted by Gasteiger charge is 2.14. The number of anilines is 1. The maximum atomic E-state index is 12.4. The van der Waals surface area contributed by atoms with Crippen molar-refractivity contribution in [2.75, 3.05) is 11.9 Å². The van der Waals surface area contributed by atoms with E-state index in [0.717, 1.165) is 0 Å². The van der Waals surface area contributed by atoms with Crippen molar-refractivity contribution in [2.24, 2.45) is 21.8 Å². The topological polar surface area (TPSA) is 149 Å². The first-order valence-electron chi connectivity index (χ1n) is 8.88. The summed E-state index contributed by atoms with van der Waals surface area (Å²) in [6.45, 7) is 4.60. The van der Waals surface area contributed by atoms with Gasteiger partial charge in [0, 0.05) is 11.3 Å². The van der Waals surface area contributed by atoms with E-state index in [9.17, 15) is 13.2 Å². The fraction of sp³-hybridized carbons (Fsp3) is 0.211. The lowest BCUT2D eigenvalue weighted by molar-refractivity contribution is 0.0977. The first-order valence-corrected chi connectivity index (χ1v) is 10.7. The highest BCUT2D eigenvalue weighted by Crippen LogP contribution is 2.17. The van der Waals surface area contributed by atoms with Gasteiger partial charge in [-0.2, -0.15) is 8.42 Å². The fourth-order valence-electron chi connectivity index (χ4n) is 2.23. The van der Waals surface area contributed by atoms with Gasteiger partial charge in [-0.3, -0.25) is 10.1 Å². The Labute approximate surface area is 180 Å². The molecule has 0 atom stereocenters. The molecule has 0 heterocycles. The first-order chi connectivity index (χ1) is 14.1. The van der Waals surface area contributed by atoms with Gasteiger partial charge < -0.3 is 21.5 Å². The molecule has 2 aromatic carbocycles. The summed E-state index contributed by atoms with van der Waals surface area (Å²) in [6.07, 6.45) is 0. The zero-order valence-electron chi connectivity index (χ0n) is 16.5. The number of carbonyl (C=O) groups is 1. The van der Waals surface area contributed by atoms with E-state index in [1.54, 1.807) is 24.3 Å². The number of ether oxygens (including phenoxy) is 1. The molecule has 0 unspecified atom stereocenters. The number of hydrogen-bond donors (Lipinski definition) is 4. The summed E-state index contributed by atoms with van der Waals surface area (Å²) in [5.74, 6) is -0.0119. The number of nitrogens with two attached hydrogens (primary N) is 2. The van der Waals surface area contributed by atoms with Gasteiger partial charge >= 0.3 is 0 Å². The lowest BCUT2D eigenvalue weighted by atomic mass is 10.2. The van der Waals surface area contributed by atoms with Crippen LogP contribution in [0.3, 0.4) is 0 Å². The molecule has 30 heavy (non-hydrogen) atoms. The Balaban J connectivity index is 2.00. The van der Waals surface area contributed by atoms with Crippen LogP contribution in [0.1, 0.15) is 24.2 Å². The van der Waals surface area contributed by atoms with Crippen LogP contribution in [0.5, 0.6) is 5.75 Å². The molecule has 2 rings (SSSR count). The van der Waals surface area contributed by atoms with Crippen molar-refractivity contribution in [1.29, 1.82) is 0 Å². The van der Waals surface area contributed by atoms with Crippen molar-refractivity contribution in [2.45, 2.75) is 18.7 Å². The van der Waals surface area contributed by atoms with Gasteiger partial charge in [0.25, 0.3) is 15.9 Å². The van der Waals surface area contributed by atoms with Gasteiger partial charge in [0.2, 0.25) is 5.96 Å². The summed E-state index contributed by atoms with van der Waals surface area (Å²) in [6, 6.07) is 12.3. The number of carbonyl (C=O) groups excluding carboxylic acids is 1. The molecule has 0 aliphatic heterocycles. The van der Waals surface area contributed by atoms with Crippen molar-refractivity contribution < 1.29 is 17.9 Å². The Morgan fingerprint density at radius 3 is 2.43 bits per heavy atom. The van der Waals surface area contributed by atoms with Crippen LogP contribution in [0.2, 0.25) is 0 Å². The van der Waals surface area contributed by atoms with Gasteiger partial charge in [-0.1, -0.05) is 19.9 Å². The third-order valence-electron chi connectivity index (χ3n) is 3.54. The zero-order chi connectivity index (χ0) is 22.3. The summed E-state index contributed by atoms with van der Waals surface area (Å²) in [5, 5.41) is 5.41. The number of thiocarbonyl (C=S) groups is 1. The Kier molecular flexibility index (Phi) is 7.72. The predicted octanol–water partition coefficient (Wildman–Crippen LogP) is 1.81. The highest BCUT2D eigenvalue weighted by atomic mass is 32.2. The number of sulfonamides is 1. The van der Waals surface area contributed by atoms with Crippen LogP contribution in [0, 0.1) is 5.92 Å². The minimum Gasteiger partial charge on any atom is -0.493 e. The van der Waals surface area contributed by atoms with Gasteiger partial charge in [-0.05, 0) is 60.6 Å². The number of benzene rings is 2. The molecule has 0 aliphatic carbocycles. The monoisotopic (exact) mass is 449 g/mol. The molecular weight excluding hydrogens is 426 g/mol. The van der Waals surface area contributed by atoms with Gasteiger partial charge in [0.1, 0.15) is 5.75 Å². The van der Waals surface area contributed by atoms with Crippen LogP contribution in [0.25, 0.3) is 0 Å². The third kappa shape index (κ3) is 7.01. The maximum Gasteiger partial charge on any atom is 0.285 e. The van der Waals surface area contributed by atoms with E-state index < -0.39 is 21.9 Å². The molecule has 0 fully saturated rings. The van der Waals surface area contributed by atoms with E-state index in [2.05, 4.69) is 15.0 Å². The summed E-state index contributed by atoms with van der Waals surface area (Å²) in [7, 11) is -3.98. The molecule has 0 bridgehead atoms. The molecule has 11 heteroatoms. The standard InChI is InChI=1S/C19H23N5O4S2/c1-12(2)11-28-15-5-3-4-13(10-15)17(25)23-19(29)22-14-6-8-16(9-7-14)30(26,27)24-18(20)21/h3-10,12H,11H2,1-2H3,(H4,20,21,24)(H2,22,23,25,29). The molecule has 6 N–H and O–H groups in total. The lowest BCUT2D eigenvalue weighted by Gasteiger charge is -2.12. The minimum absolute atomic E-state index is 0.0494. The largest absolute Gasteiger partial charge is 0.493 e. The molecule has 2 aromatic rings. The first kappa shape index (κ1) is 23.1. The van der Waals surface area contributed by atoms with Crippen molar-refractivity contribution in [1.82, 2.24) is 5.32 Å². The number of guanidine groups is 1. The number of rotatable bonds is 7. The molecule has 0 aromatic heterocycles. The second-order valence-corrected chi connectivity index (χ2v) is 8.67. The molecule has 1 amide bonds. The van der Waals surface area contributed by atoms with E-state index in [4.69, 9.17) is 28.4 Å². The van der Waals surface area contributed by atoms with Gasteiger partial charge in [-0.15, -0.1) is 4.40 Å². The van der Waals surface area contributed by atoms with Crippen LogP contribution in [-0.2, 0) is 10.0 Å². The van der Waals surface area contributed by atoms with Crippen molar-refractivity contribution in [3.63, 3.8) is 0 Å². The van der Waals surface area contributed by atoms with Gasteiger partial charge in [0.05, 0.1) is 11.5 Å². The quantitative estimate of drug-likeness (QED) is 0.284. The van der Waals surface area contributed by atoms with Gasteiger partial charge in [0.15, 0.2) is 5.11 Å². The minimum atomic E-state index is -3.98. The van der Waals surface area contributed by atoms with E-state index in [1.807, 2.05) is 13.8 Å². The molecule has 0 aliphatic rings. The Hall–Kier alpha value is -3.18. The molecule has 0 saturated heterocycles. The summed E-state index contributed by atoms with van der Waals surface area (Å²) in [5.41, 5.74) is 11.1. The van der Waals surface area contributed by atoms with Crippen LogP contribution in [0.15, 0.2) is 57.8 Å². The number of amides is 1. The number of nitrogens with one attached hydrogen (secondary N) is 2. The van der Waals surface area contributed by atoms with E-state index >= 15 is 0 Å². The molecular formula is C19H23N5O4S2. The summed E-state index contributed by atoms with van der Waals surface area (Å²) in [4.78, 5) is 12.3. The van der Waals surface area contributed by atoms with Crippen LogP contribution >= 0.6 is 12.2 Å². The number of hydrogen-bond acceptors (Lipinski definition) is 5. The molecule has 160 valence electrons. The van der Waals surface area contributed by atoms with Crippen LogP contribution < -0.4 is 26.8 Å². The fourth-order valence-corrected chi connectivity index (χ4v) is 3.30. The van der Waals surface area contributed by atoms with E-state index in [1.165, 1.54) is 24.3 Å². The molecule has 9 nitrogen and oxygen atoms in total. The second kappa shape index (κ2) is 10.0. The van der Waals surface area contributed by atoms with Crippen LogP contribution in [0.4, 0.5) is 5.69 Å². The second-order valence-electron chi connectivity index (χ2n) is 6.66. The number of nitrogens with zero attached hydrogens (tertiary/aromatic N) is 1. The van der Waals surface area contributed by atoms with Crippen molar-refractivity contribution >= 4 is 44.9 Å². The molecule has 0 radical (unpaired) electrons. The SMILES string of the molecule is CC(C)COc1cccc(C(=O)NC(=S)Nc2ccc(S(=O)(=O)N=C(N)N)cc2)c1. The molecule has 0 saturated carbocycles.